The van der Waals surface area contributed by atoms with E-state index < -0.39 is 11.8 Å². The Bertz CT molecular complexity index is 936. The molecule has 0 aliphatic rings. The van der Waals surface area contributed by atoms with Crippen LogP contribution >= 0.6 is 0 Å². The van der Waals surface area contributed by atoms with Crippen molar-refractivity contribution < 1.29 is 18.7 Å². The lowest BCUT2D eigenvalue weighted by Gasteiger charge is -2.06. The van der Waals surface area contributed by atoms with Gasteiger partial charge in [0.2, 0.25) is 5.91 Å². The Hall–Kier alpha value is -3.68. The van der Waals surface area contributed by atoms with Crippen molar-refractivity contribution in [1.82, 2.24) is 21.0 Å². The van der Waals surface area contributed by atoms with Crippen molar-refractivity contribution in [1.29, 1.82) is 0 Å². The largest absolute Gasteiger partial charge is 0.497 e. The number of hydrogen-bond donors (Lipinski definition) is 3. The van der Waals surface area contributed by atoms with Crippen molar-refractivity contribution in [3.05, 3.63) is 71.7 Å². The summed E-state index contributed by atoms with van der Waals surface area (Å²) in [5.41, 5.74) is 6.84. The third-order valence-electron chi connectivity index (χ3n) is 3.80. The van der Waals surface area contributed by atoms with Gasteiger partial charge < -0.3 is 4.74 Å². The average Bonchev–Trinajstić information content (AvgIpc) is 3.18. The Labute approximate surface area is 154 Å². The van der Waals surface area contributed by atoms with Crippen LogP contribution in [0.4, 0.5) is 4.39 Å². The monoisotopic (exact) mass is 368 g/mol. The van der Waals surface area contributed by atoms with E-state index in [9.17, 15) is 14.0 Å². The Balaban J connectivity index is 1.55. The van der Waals surface area contributed by atoms with Crippen LogP contribution in [0, 0.1) is 5.82 Å². The van der Waals surface area contributed by atoms with Crippen LogP contribution in [0.25, 0.3) is 11.3 Å². The zero-order valence-electron chi connectivity index (χ0n) is 14.5. The minimum atomic E-state index is -0.533. The van der Waals surface area contributed by atoms with Gasteiger partial charge in [0, 0.05) is 5.56 Å². The highest BCUT2D eigenvalue weighted by Gasteiger charge is 2.12. The molecule has 27 heavy (non-hydrogen) atoms. The number of hydrogen-bond acceptors (Lipinski definition) is 4. The van der Waals surface area contributed by atoms with E-state index in [1.807, 2.05) is 12.1 Å². The first-order valence-electron chi connectivity index (χ1n) is 8.08. The predicted molar refractivity (Wildman–Crippen MR) is 96.3 cm³/mol. The molecule has 0 radical (unpaired) electrons. The Morgan fingerprint density at radius 1 is 1.07 bits per heavy atom. The summed E-state index contributed by atoms with van der Waals surface area (Å²) in [4.78, 5) is 24.0. The number of hydrazine groups is 1. The van der Waals surface area contributed by atoms with Gasteiger partial charge in [-0.05, 0) is 48.0 Å². The quantitative estimate of drug-likeness (QED) is 0.602. The fourth-order valence-electron chi connectivity index (χ4n) is 2.37. The molecule has 1 heterocycles. The molecule has 0 saturated carbocycles. The van der Waals surface area contributed by atoms with Crippen LogP contribution in [0.3, 0.4) is 0 Å². The average molecular weight is 368 g/mol. The maximum atomic E-state index is 12.9. The molecule has 3 N–H and O–H groups in total. The lowest BCUT2D eigenvalue weighted by atomic mass is 10.1. The molecule has 8 heteroatoms. The van der Waals surface area contributed by atoms with Gasteiger partial charge in [-0.25, -0.2) is 4.39 Å². The van der Waals surface area contributed by atoms with Gasteiger partial charge in [-0.2, -0.15) is 5.10 Å². The molecule has 7 nitrogen and oxygen atoms in total. The van der Waals surface area contributed by atoms with Gasteiger partial charge >= 0.3 is 0 Å². The van der Waals surface area contributed by atoms with E-state index in [4.69, 9.17) is 4.74 Å². The minimum Gasteiger partial charge on any atom is -0.497 e. The van der Waals surface area contributed by atoms with E-state index in [2.05, 4.69) is 21.0 Å². The number of aromatic nitrogens is 2. The fraction of sp³-hybridized carbons (Fsp3) is 0.105. The molecule has 0 saturated heterocycles. The Morgan fingerprint density at radius 3 is 2.44 bits per heavy atom. The molecule has 138 valence electrons. The van der Waals surface area contributed by atoms with Crippen molar-refractivity contribution in [2.45, 2.75) is 6.42 Å². The van der Waals surface area contributed by atoms with Crippen LogP contribution in [0.15, 0.2) is 54.6 Å². The van der Waals surface area contributed by atoms with Crippen molar-refractivity contribution in [3.63, 3.8) is 0 Å². The lowest BCUT2D eigenvalue weighted by molar-refractivity contribution is -0.121. The summed E-state index contributed by atoms with van der Waals surface area (Å²) in [6.07, 6.45) is 0.0145. The summed E-state index contributed by atoms with van der Waals surface area (Å²) >= 11 is 0. The van der Waals surface area contributed by atoms with Gasteiger partial charge in [0.15, 0.2) is 0 Å². The highest BCUT2D eigenvalue weighted by molar-refractivity contribution is 5.94. The van der Waals surface area contributed by atoms with E-state index >= 15 is 0 Å². The van der Waals surface area contributed by atoms with Gasteiger partial charge in [-0.3, -0.25) is 25.5 Å². The molecular formula is C19H17FN4O3. The van der Waals surface area contributed by atoms with Crippen molar-refractivity contribution in [2.75, 3.05) is 7.11 Å². The summed E-state index contributed by atoms with van der Waals surface area (Å²) in [6.45, 7) is 0. The highest BCUT2D eigenvalue weighted by atomic mass is 19.1. The molecule has 3 aromatic rings. The van der Waals surface area contributed by atoms with Crippen LogP contribution in [0.1, 0.15) is 16.1 Å². The second-order valence-corrected chi connectivity index (χ2v) is 5.70. The van der Waals surface area contributed by atoms with Crippen LogP contribution in [-0.2, 0) is 11.2 Å². The molecule has 2 amide bonds. The maximum absolute atomic E-state index is 12.9. The highest BCUT2D eigenvalue weighted by Crippen LogP contribution is 2.21. The van der Waals surface area contributed by atoms with Gasteiger partial charge in [0.25, 0.3) is 5.91 Å². The minimum absolute atomic E-state index is 0.0145. The van der Waals surface area contributed by atoms with Gasteiger partial charge in [-0.15, -0.1) is 0 Å². The van der Waals surface area contributed by atoms with E-state index in [0.29, 0.717) is 11.3 Å². The summed E-state index contributed by atoms with van der Waals surface area (Å²) in [5.74, 6) is -0.616. The Kier molecular flexibility index (Phi) is 5.46. The Morgan fingerprint density at radius 2 is 1.78 bits per heavy atom. The fourth-order valence-corrected chi connectivity index (χ4v) is 2.37. The first-order valence-corrected chi connectivity index (χ1v) is 8.08. The molecule has 0 aliphatic heterocycles. The maximum Gasteiger partial charge on any atom is 0.287 e. The zero-order valence-corrected chi connectivity index (χ0v) is 14.5. The number of rotatable bonds is 5. The molecule has 0 atom stereocenters. The molecule has 1 aromatic heterocycles. The number of nitrogens with zero attached hydrogens (tertiary/aromatic N) is 1. The zero-order chi connectivity index (χ0) is 19.2. The van der Waals surface area contributed by atoms with Gasteiger partial charge in [0.05, 0.1) is 19.2 Å². The van der Waals surface area contributed by atoms with Crippen LogP contribution in [0.2, 0.25) is 0 Å². The number of methoxy groups -OCH3 is 1. The molecule has 0 unspecified atom stereocenters. The third kappa shape index (κ3) is 4.69. The van der Waals surface area contributed by atoms with Gasteiger partial charge in [0.1, 0.15) is 17.3 Å². The first-order chi connectivity index (χ1) is 13.0. The standard InChI is InChI=1S/C19H17FN4O3/c1-27-15-8-4-13(5-9-15)16-11-17(22-21-16)19(26)24-23-18(25)10-12-2-6-14(20)7-3-12/h2-9,11H,10H2,1H3,(H,21,22)(H,23,25)(H,24,26). The number of amides is 2. The number of benzene rings is 2. The number of nitrogens with one attached hydrogen (secondary N) is 3. The SMILES string of the molecule is COc1ccc(-c2cc(C(=O)NNC(=O)Cc3ccc(F)cc3)[nH]n2)cc1. The predicted octanol–water partition coefficient (Wildman–Crippen LogP) is 2.23. The first kappa shape index (κ1) is 18.1. The van der Waals surface area contributed by atoms with Crippen LogP contribution in [-0.4, -0.2) is 29.1 Å². The lowest BCUT2D eigenvalue weighted by Crippen LogP contribution is -2.42. The number of carbonyl (C=O) groups excluding carboxylic acids is 2. The van der Waals surface area contributed by atoms with E-state index in [1.165, 1.54) is 24.3 Å². The van der Waals surface area contributed by atoms with Crippen molar-refractivity contribution in [2.24, 2.45) is 0 Å². The summed E-state index contributed by atoms with van der Waals surface area (Å²) in [6, 6.07) is 14.4. The summed E-state index contributed by atoms with van der Waals surface area (Å²) in [5, 5.41) is 6.72. The molecule has 3 rings (SSSR count). The molecule has 0 fully saturated rings. The molecule has 0 aliphatic carbocycles. The molecular weight excluding hydrogens is 351 g/mol. The van der Waals surface area contributed by atoms with E-state index in [1.54, 1.807) is 25.3 Å². The number of halogens is 1. The smallest absolute Gasteiger partial charge is 0.287 e. The number of H-pyrrole nitrogens is 1. The summed E-state index contributed by atoms with van der Waals surface area (Å²) < 4.78 is 18.0. The topological polar surface area (TPSA) is 96.1 Å². The van der Waals surface area contributed by atoms with Crippen molar-refractivity contribution in [3.8, 4) is 17.0 Å². The number of ether oxygens (including phenoxy) is 1. The van der Waals surface area contributed by atoms with Crippen molar-refractivity contribution >= 4 is 11.8 Å². The second-order valence-electron chi connectivity index (χ2n) is 5.70. The normalized spacial score (nSPS) is 10.3. The van der Waals surface area contributed by atoms with Crippen LogP contribution < -0.4 is 15.6 Å². The van der Waals surface area contributed by atoms with Crippen LogP contribution in [0.5, 0.6) is 5.75 Å². The molecule has 0 spiro atoms. The van der Waals surface area contributed by atoms with E-state index in [0.717, 1.165) is 11.3 Å². The number of aromatic amines is 1. The second kappa shape index (κ2) is 8.13. The number of carbonyl (C=O) groups is 2. The van der Waals surface area contributed by atoms with E-state index in [-0.39, 0.29) is 17.9 Å². The molecule has 2 aromatic carbocycles. The third-order valence-corrected chi connectivity index (χ3v) is 3.80. The summed E-state index contributed by atoms with van der Waals surface area (Å²) in [7, 11) is 1.58. The molecule has 0 bridgehead atoms. The van der Waals surface area contributed by atoms with Gasteiger partial charge in [-0.1, -0.05) is 12.1 Å².